The summed E-state index contributed by atoms with van der Waals surface area (Å²) in [7, 11) is 0. The van der Waals surface area contributed by atoms with Crippen molar-refractivity contribution in [2.75, 3.05) is 0 Å². The van der Waals surface area contributed by atoms with Crippen LogP contribution in [0.15, 0.2) is 140 Å². The van der Waals surface area contributed by atoms with Gasteiger partial charge in [-0.2, -0.15) is 0 Å². The Hall–Kier alpha value is -5.69. The van der Waals surface area contributed by atoms with E-state index in [4.69, 9.17) is 19.9 Å². The van der Waals surface area contributed by atoms with E-state index in [1.807, 2.05) is 78.9 Å². The topological polar surface area (TPSA) is 74.2 Å². The van der Waals surface area contributed by atoms with Gasteiger partial charge in [0.2, 0.25) is 0 Å². The minimum atomic E-state index is 0. The van der Waals surface area contributed by atoms with Gasteiger partial charge in [0.15, 0.2) is 0 Å². The maximum atomic E-state index is 10.2. The van der Waals surface area contributed by atoms with Crippen molar-refractivity contribution in [3.8, 4) is 50.3 Å². The van der Waals surface area contributed by atoms with Crippen LogP contribution in [0.3, 0.4) is 0 Å². The molecule has 3 aromatic heterocycles. The zero-order valence-corrected chi connectivity index (χ0v) is 29.9. The zero-order chi connectivity index (χ0) is 32.7. The first-order valence-electron chi connectivity index (χ1n) is 16.2. The smallest absolute Gasteiger partial charge is 1.00 e. The van der Waals surface area contributed by atoms with E-state index >= 15 is 0 Å². The fraction of sp³-hybridized carbons (Fsp3) is 0. The maximum Gasteiger partial charge on any atom is 3.00 e. The minimum absolute atomic E-state index is 0. The molecule has 4 aromatic carbocycles. The van der Waals surface area contributed by atoms with Crippen LogP contribution in [0.25, 0.3) is 90.9 Å². The van der Waals surface area contributed by atoms with Crippen LogP contribution in [0, 0.1) is 0 Å². The molecule has 0 unspecified atom stereocenters. The number of rotatable bonds is 4. The molecule has 9 rings (SSSR count). The van der Waals surface area contributed by atoms with Crippen molar-refractivity contribution in [2.24, 2.45) is 0 Å². The van der Waals surface area contributed by atoms with Crippen LogP contribution in [0.5, 0.6) is 5.75 Å². The Labute approximate surface area is 317 Å². The van der Waals surface area contributed by atoms with Gasteiger partial charge in [0.25, 0.3) is 0 Å². The molecule has 1 N–H and O–H groups in total. The Morgan fingerprint density at radius 3 is 0.922 bits per heavy atom. The molecule has 0 saturated heterocycles. The third-order valence-electron chi connectivity index (χ3n) is 8.95. The van der Waals surface area contributed by atoms with Crippen molar-refractivity contribution >= 4 is 46.4 Å². The molecule has 0 radical (unpaired) electrons. The fourth-order valence-corrected chi connectivity index (χ4v) is 6.71. The summed E-state index contributed by atoms with van der Waals surface area (Å²) in [5.41, 5.74) is 14.2. The number of nitrogens with zero attached hydrogens (tertiary/aromatic N) is 4. The first-order valence-corrected chi connectivity index (χ1v) is 16.2. The van der Waals surface area contributed by atoms with E-state index < -0.39 is 0 Å². The third-order valence-corrected chi connectivity index (χ3v) is 8.95. The van der Waals surface area contributed by atoms with Crippen molar-refractivity contribution in [2.45, 2.75) is 0 Å². The molecule has 2 aliphatic rings. The average molecular weight is 861 g/mol. The number of hydrogen-bond acceptors (Lipinski definition) is 3. The molecular weight excluding hydrogens is 833 g/mol. The Morgan fingerprint density at radius 1 is 0.353 bits per heavy atom. The Kier molecular flexibility index (Phi) is 9.46. The Balaban J connectivity index is 0.00000203. The quantitative estimate of drug-likeness (QED) is 0.189. The molecule has 0 spiro atoms. The van der Waals surface area contributed by atoms with Crippen LogP contribution in [-0.4, -0.2) is 15.1 Å². The van der Waals surface area contributed by atoms with Crippen LogP contribution >= 0.6 is 0 Å². The first-order chi connectivity index (χ1) is 24.2. The second-order valence-electron chi connectivity index (χ2n) is 12.0. The predicted molar refractivity (Wildman–Crippen MR) is 200 cm³/mol. The number of aromatic nitrogens is 4. The largest absolute Gasteiger partial charge is 3.00 e. The number of phenols is 1. The summed E-state index contributed by atoms with van der Waals surface area (Å²) in [6.07, 6.45) is 8.26. The monoisotopic (exact) mass is 860 g/mol. The van der Waals surface area contributed by atoms with Gasteiger partial charge in [-0.3, -0.25) is 0 Å². The summed E-state index contributed by atoms with van der Waals surface area (Å²) in [5.74, 6) is 0.201. The SMILES string of the molecule is Oc1ccc(-c2c3nc(c(-c4ccccc4)c4ccc([n-]4)c(-c4ccccc4)c4nc(c(-c5ccccc5)c5ccc2[n-]5)C=C4)C=C3)cc1.[Au+3].[Cl-]. The van der Waals surface area contributed by atoms with E-state index in [9.17, 15) is 5.11 Å². The van der Waals surface area contributed by atoms with Gasteiger partial charge in [-0.1, -0.05) is 127 Å². The fourth-order valence-electron chi connectivity index (χ4n) is 6.71. The second-order valence-corrected chi connectivity index (χ2v) is 12.0. The van der Waals surface area contributed by atoms with Gasteiger partial charge in [-0.05, 0) is 80.9 Å². The summed E-state index contributed by atoms with van der Waals surface area (Å²) in [6, 6.07) is 46.4. The van der Waals surface area contributed by atoms with Crippen LogP contribution in [0.1, 0.15) is 22.8 Å². The third kappa shape index (κ3) is 6.29. The van der Waals surface area contributed by atoms with Gasteiger partial charge >= 0.3 is 22.4 Å². The molecule has 248 valence electrons. The second kappa shape index (κ2) is 14.3. The van der Waals surface area contributed by atoms with Gasteiger partial charge in [0.1, 0.15) is 5.75 Å². The number of benzene rings is 4. The van der Waals surface area contributed by atoms with Gasteiger partial charge < -0.3 is 27.5 Å². The number of aromatic hydroxyl groups is 1. The summed E-state index contributed by atoms with van der Waals surface area (Å²) < 4.78 is 0. The summed E-state index contributed by atoms with van der Waals surface area (Å²) in [5, 5.41) is 10.2. The molecular formula is C44H28AuClN4O. The molecule has 7 aromatic rings. The number of fused-ring (bicyclic) bond motifs is 8. The van der Waals surface area contributed by atoms with E-state index in [1.165, 1.54) is 0 Å². The molecule has 0 atom stereocenters. The number of phenolic OH excluding ortho intramolecular Hbond substituents is 1. The van der Waals surface area contributed by atoms with Crippen molar-refractivity contribution in [1.82, 2.24) is 19.9 Å². The zero-order valence-electron chi connectivity index (χ0n) is 27.0. The van der Waals surface area contributed by atoms with E-state index in [1.54, 1.807) is 12.1 Å². The van der Waals surface area contributed by atoms with E-state index in [0.717, 1.165) is 89.4 Å². The molecule has 8 bridgehead atoms. The van der Waals surface area contributed by atoms with Gasteiger partial charge in [0, 0.05) is 0 Å². The van der Waals surface area contributed by atoms with Gasteiger partial charge in [-0.25, -0.2) is 9.97 Å². The van der Waals surface area contributed by atoms with E-state index in [-0.39, 0.29) is 40.5 Å². The van der Waals surface area contributed by atoms with Gasteiger partial charge in [-0.15, -0.1) is 22.1 Å². The van der Waals surface area contributed by atoms with Gasteiger partial charge in [0.05, 0.1) is 22.8 Å². The molecule has 7 heteroatoms. The molecule has 0 fully saturated rings. The molecule has 0 amide bonds. The van der Waals surface area contributed by atoms with Crippen LogP contribution in [-0.2, 0) is 22.4 Å². The number of hydrogen-bond donors (Lipinski definition) is 1. The molecule has 2 aliphatic heterocycles. The minimum Gasteiger partial charge on any atom is -1.00 e. The van der Waals surface area contributed by atoms with Crippen molar-refractivity contribution in [3.05, 3.63) is 162 Å². The Morgan fingerprint density at radius 2 is 0.627 bits per heavy atom. The molecule has 51 heavy (non-hydrogen) atoms. The Bertz CT molecular complexity index is 2560. The molecule has 0 aliphatic carbocycles. The van der Waals surface area contributed by atoms with Crippen LogP contribution in [0.4, 0.5) is 0 Å². The average Bonchev–Trinajstić information content (AvgIpc) is 3.98. The van der Waals surface area contributed by atoms with Crippen molar-refractivity contribution < 1.29 is 39.9 Å². The van der Waals surface area contributed by atoms with Crippen LogP contribution < -0.4 is 22.4 Å². The summed E-state index contributed by atoms with van der Waals surface area (Å²) in [4.78, 5) is 21.1. The molecule has 5 nitrogen and oxygen atoms in total. The predicted octanol–water partition coefficient (Wildman–Crippen LogP) is 7.29. The molecule has 0 saturated carbocycles. The maximum absolute atomic E-state index is 10.2. The molecule has 5 heterocycles. The summed E-state index contributed by atoms with van der Waals surface area (Å²) in [6.45, 7) is 0. The first kappa shape index (κ1) is 33.8. The van der Waals surface area contributed by atoms with Crippen molar-refractivity contribution in [1.29, 1.82) is 0 Å². The standard InChI is InChI=1S/C44H28N4O.Au.ClH/c49-32-18-16-31(17-19-32)44-39-26-24-37(47-39)42(29-12-6-2-7-13-29)35-22-20-33(45-35)41(28-10-4-1-5-11-28)34-21-23-36(46-34)43(30-14-8-3-9-15-30)38-25-27-40(44)48-38;;/h1-27H,(H-2,45,46,47,48,49);;1H/q-2;+3;/p-1. The van der Waals surface area contributed by atoms with Crippen molar-refractivity contribution in [3.63, 3.8) is 0 Å². The van der Waals surface area contributed by atoms with E-state index in [0.29, 0.717) is 0 Å². The normalized spacial score (nSPS) is 11.5. The van der Waals surface area contributed by atoms with Crippen LogP contribution in [0.2, 0.25) is 0 Å². The summed E-state index contributed by atoms with van der Waals surface area (Å²) >= 11 is 0. The van der Waals surface area contributed by atoms with E-state index in [2.05, 4.69) is 72.8 Å². The number of halogens is 1.